The third-order valence-electron chi connectivity index (χ3n) is 3.65. The Morgan fingerprint density at radius 1 is 1.27 bits per heavy atom. The van der Waals surface area contributed by atoms with Crippen molar-refractivity contribution >= 4 is 19.7 Å². The first kappa shape index (κ1) is 16.6. The van der Waals surface area contributed by atoms with Crippen LogP contribution in [-0.4, -0.2) is 45.3 Å². The molecule has 0 saturated carbocycles. The minimum atomic E-state index is -1.49. The van der Waals surface area contributed by atoms with Crippen molar-refractivity contribution in [3.63, 3.8) is 0 Å². The quantitative estimate of drug-likeness (QED) is 0.649. The molecule has 0 unspecified atom stereocenters. The highest BCUT2D eigenvalue weighted by atomic mass is 28.3. The lowest BCUT2D eigenvalue weighted by Gasteiger charge is -2.31. The Morgan fingerprint density at radius 2 is 1.91 bits per heavy atom. The van der Waals surface area contributed by atoms with Gasteiger partial charge in [0.25, 0.3) is 0 Å². The Balaban J connectivity index is 2.48. The van der Waals surface area contributed by atoms with Crippen LogP contribution in [-0.2, 0) is 0 Å². The first-order valence-electron chi connectivity index (χ1n) is 7.65. The van der Waals surface area contributed by atoms with Crippen LogP contribution >= 0.6 is 0 Å². The number of carboxylic acid groups (broad SMARTS) is 1. The van der Waals surface area contributed by atoms with Gasteiger partial charge in [-0.2, -0.15) is 0 Å². The molecule has 2 N–H and O–H groups in total. The minimum absolute atomic E-state index is 0.357. The van der Waals surface area contributed by atoms with E-state index < -0.39 is 14.0 Å². The van der Waals surface area contributed by atoms with Crippen LogP contribution in [0.15, 0.2) is 12.1 Å². The van der Waals surface area contributed by atoms with E-state index in [2.05, 4.69) is 41.3 Å². The van der Waals surface area contributed by atoms with Gasteiger partial charge in [0.2, 0.25) is 0 Å². The SMILES string of the molecule is Cc1c(C(=O)O)cc(C#C[Si](C)(C)C)cc1N1CCNCC1. The van der Waals surface area contributed by atoms with E-state index in [-0.39, 0.29) is 0 Å². The molecule has 0 bridgehead atoms. The summed E-state index contributed by atoms with van der Waals surface area (Å²) in [5, 5.41) is 12.8. The molecule has 0 atom stereocenters. The van der Waals surface area contributed by atoms with Gasteiger partial charge in [-0.05, 0) is 24.6 Å². The fourth-order valence-corrected chi connectivity index (χ4v) is 3.01. The molecule has 1 aliphatic rings. The topological polar surface area (TPSA) is 52.6 Å². The van der Waals surface area contributed by atoms with Gasteiger partial charge in [0, 0.05) is 37.4 Å². The molecule has 118 valence electrons. The molecule has 1 aliphatic heterocycles. The first-order valence-corrected chi connectivity index (χ1v) is 11.1. The molecule has 1 aromatic rings. The number of anilines is 1. The molecule has 1 aromatic carbocycles. The summed E-state index contributed by atoms with van der Waals surface area (Å²) in [5.74, 6) is 2.31. The second kappa shape index (κ2) is 6.55. The number of nitrogens with zero attached hydrogens (tertiary/aromatic N) is 1. The van der Waals surface area contributed by atoms with Crippen molar-refractivity contribution in [1.29, 1.82) is 0 Å². The molecule has 0 aromatic heterocycles. The molecular formula is C17H24N2O2Si. The van der Waals surface area contributed by atoms with Crippen molar-refractivity contribution in [2.45, 2.75) is 26.6 Å². The van der Waals surface area contributed by atoms with Crippen LogP contribution in [0.3, 0.4) is 0 Å². The lowest BCUT2D eigenvalue weighted by atomic mass is 10.0. The van der Waals surface area contributed by atoms with E-state index >= 15 is 0 Å². The predicted molar refractivity (Wildman–Crippen MR) is 93.4 cm³/mol. The monoisotopic (exact) mass is 316 g/mol. The summed E-state index contributed by atoms with van der Waals surface area (Å²) in [4.78, 5) is 13.8. The largest absolute Gasteiger partial charge is 0.478 e. The Hall–Kier alpha value is -1.77. The fraction of sp³-hybridized carbons (Fsp3) is 0.471. The molecule has 5 heteroatoms. The van der Waals surface area contributed by atoms with Gasteiger partial charge < -0.3 is 15.3 Å². The van der Waals surface area contributed by atoms with Gasteiger partial charge in [-0.15, -0.1) is 5.54 Å². The van der Waals surface area contributed by atoms with Crippen molar-refractivity contribution in [1.82, 2.24) is 5.32 Å². The smallest absolute Gasteiger partial charge is 0.336 e. The molecule has 0 amide bonds. The molecule has 1 saturated heterocycles. The third-order valence-corrected chi connectivity index (χ3v) is 4.53. The summed E-state index contributed by atoms with van der Waals surface area (Å²) < 4.78 is 0. The summed E-state index contributed by atoms with van der Waals surface area (Å²) in [6.45, 7) is 12.1. The summed E-state index contributed by atoms with van der Waals surface area (Å²) in [7, 11) is -1.49. The molecule has 4 nitrogen and oxygen atoms in total. The Morgan fingerprint density at radius 3 is 2.45 bits per heavy atom. The van der Waals surface area contributed by atoms with Gasteiger partial charge in [0.1, 0.15) is 8.07 Å². The molecule has 1 heterocycles. The van der Waals surface area contributed by atoms with Crippen molar-refractivity contribution in [3.8, 4) is 11.5 Å². The van der Waals surface area contributed by atoms with Crippen LogP contribution in [0.5, 0.6) is 0 Å². The number of nitrogens with one attached hydrogen (secondary N) is 1. The number of benzene rings is 1. The average molecular weight is 316 g/mol. The van der Waals surface area contributed by atoms with E-state index in [9.17, 15) is 9.90 Å². The van der Waals surface area contributed by atoms with E-state index in [1.54, 1.807) is 6.07 Å². The maximum atomic E-state index is 11.5. The minimum Gasteiger partial charge on any atom is -0.478 e. The van der Waals surface area contributed by atoms with Crippen molar-refractivity contribution < 1.29 is 9.90 Å². The molecule has 22 heavy (non-hydrogen) atoms. The standard InChI is InChI=1S/C17H24N2O2Si/c1-13-15(17(20)21)11-14(5-10-22(2,3)4)12-16(13)19-8-6-18-7-9-19/h11-12,18H,6-9H2,1-4H3,(H,20,21). The summed E-state index contributed by atoms with van der Waals surface area (Å²) in [6, 6.07) is 3.75. The van der Waals surface area contributed by atoms with Gasteiger partial charge in [-0.25, -0.2) is 4.79 Å². The molecule has 0 radical (unpaired) electrons. The van der Waals surface area contributed by atoms with E-state index in [4.69, 9.17) is 0 Å². The fourth-order valence-electron chi connectivity index (χ4n) is 2.49. The highest BCUT2D eigenvalue weighted by Crippen LogP contribution is 2.26. The van der Waals surface area contributed by atoms with Crippen molar-refractivity contribution in [2.75, 3.05) is 31.1 Å². The van der Waals surface area contributed by atoms with Crippen LogP contribution in [0.25, 0.3) is 0 Å². The van der Waals surface area contributed by atoms with E-state index in [0.717, 1.165) is 43.0 Å². The van der Waals surface area contributed by atoms with E-state index in [1.807, 2.05) is 13.0 Å². The second-order valence-corrected chi connectivity index (χ2v) is 11.5. The van der Waals surface area contributed by atoms with Crippen molar-refractivity contribution in [2.24, 2.45) is 0 Å². The van der Waals surface area contributed by atoms with Crippen molar-refractivity contribution in [3.05, 3.63) is 28.8 Å². The van der Waals surface area contributed by atoms with Gasteiger partial charge in [-0.1, -0.05) is 25.6 Å². The maximum Gasteiger partial charge on any atom is 0.336 e. The number of carboxylic acids is 1. The Kier molecular flexibility index (Phi) is 4.94. The summed E-state index contributed by atoms with van der Waals surface area (Å²) >= 11 is 0. The Labute approximate surface area is 133 Å². The highest BCUT2D eigenvalue weighted by Gasteiger charge is 2.18. The van der Waals surface area contributed by atoms with Crippen LogP contribution in [0.1, 0.15) is 21.5 Å². The normalized spacial score (nSPS) is 15.2. The highest BCUT2D eigenvalue weighted by molar-refractivity contribution is 6.83. The summed E-state index contributed by atoms with van der Waals surface area (Å²) in [5.41, 5.74) is 6.31. The lowest BCUT2D eigenvalue weighted by molar-refractivity contribution is 0.0696. The molecule has 1 fully saturated rings. The van der Waals surface area contributed by atoms with Crippen LogP contribution in [0.2, 0.25) is 19.6 Å². The number of hydrogen-bond acceptors (Lipinski definition) is 3. The van der Waals surface area contributed by atoms with Gasteiger partial charge in [0.15, 0.2) is 0 Å². The van der Waals surface area contributed by atoms with Crippen LogP contribution in [0, 0.1) is 18.4 Å². The molecule has 0 spiro atoms. The predicted octanol–water partition coefficient (Wildman–Crippen LogP) is 2.33. The maximum absolute atomic E-state index is 11.5. The van der Waals surface area contributed by atoms with Gasteiger partial charge >= 0.3 is 5.97 Å². The zero-order valence-electron chi connectivity index (χ0n) is 13.8. The van der Waals surface area contributed by atoms with E-state index in [0.29, 0.717) is 5.56 Å². The molecule has 2 rings (SSSR count). The average Bonchev–Trinajstić information content (AvgIpc) is 2.46. The first-order chi connectivity index (χ1) is 10.3. The lowest BCUT2D eigenvalue weighted by Crippen LogP contribution is -2.44. The number of aromatic carboxylic acids is 1. The second-order valence-electron chi connectivity index (χ2n) is 6.71. The summed E-state index contributed by atoms with van der Waals surface area (Å²) in [6.07, 6.45) is 0. The Bertz CT molecular complexity index is 633. The zero-order chi connectivity index (χ0) is 16.3. The van der Waals surface area contributed by atoms with E-state index in [1.165, 1.54) is 0 Å². The zero-order valence-corrected chi connectivity index (χ0v) is 14.8. The number of rotatable bonds is 2. The number of piperazine rings is 1. The van der Waals surface area contributed by atoms with Crippen LogP contribution in [0.4, 0.5) is 5.69 Å². The van der Waals surface area contributed by atoms with Gasteiger partial charge in [-0.3, -0.25) is 0 Å². The number of carbonyl (C=O) groups is 1. The molecular weight excluding hydrogens is 292 g/mol. The number of hydrogen-bond donors (Lipinski definition) is 2. The van der Waals surface area contributed by atoms with Crippen LogP contribution < -0.4 is 10.2 Å². The van der Waals surface area contributed by atoms with Gasteiger partial charge in [0.05, 0.1) is 5.56 Å². The molecule has 0 aliphatic carbocycles. The third kappa shape index (κ3) is 4.12.